The van der Waals surface area contributed by atoms with E-state index in [1.165, 1.54) is 12.0 Å². The van der Waals surface area contributed by atoms with Gasteiger partial charge in [0.05, 0.1) is 0 Å². The van der Waals surface area contributed by atoms with Crippen molar-refractivity contribution in [1.82, 2.24) is 10.2 Å². The van der Waals surface area contributed by atoms with E-state index in [1.807, 2.05) is 6.07 Å². The molecular formula is C14H20BrClN2. The maximum absolute atomic E-state index is 6.36. The summed E-state index contributed by atoms with van der Waals surface area (Å²) in [6.45, 7) is 7.80. The van der Waals surface area contributed by atoms with Crippen molar-refractivity contribution in [3.05, 3.63) is 33.3 Å². The predicted octanol–water partition coefficient (Wildman–Crippen LogP) is 3.85. The third-order valence-electron chi connectivity index (χ3n) is 3.62. The Morgan fingerprint density at radius 3 is 2.72 bits per heavy atom. The standard InChI is InChI=1S/C14H20BrClN2/c1-3-6-18(12-8-17-9-12)10(2)13-5-4-11(15)7-14(13)16/h4-5,7,10,12,17H,3,6,8-9H2,1-2H3. The van der Waals surface area contributed by atoms with Crippen molar-refractivity contribution < 1.29 is 0 Å². The van der Waals surface area contributed by atoms with Crippen molar-refractivity contribution in [3.63, 3.8) is 0 Å². The van der Waals surface area contributed by atoms with Crippen molar-refractivity contribution in [2.75, 3.05) is 19.6 Å². The van der Waals surface area contributed by atoms with Crippen LogP contribution in [0.5, 0.6) is 0 Å². The van der Waals surface area contributed by atoms with Crippen LogP contribution in [0.1, 0.15) is 31.9 Å². The molecule has 0 aromatic heterocycles. The van der Waals surface area contributed by atoms with E-state index in [2.05, 4.69) is 52.1 Å². The fraction of sp³-hybridized carbons (Fsp3) is 0.571. The molecule has 1 aromatic carbocycles. The summed E-state index contributed by atoms with van der Waals surface area (Å²) in [5.74, 6) is 0. The number of benzene rings is 1. The van der Waals surface area contributed by atoms with E-state index in [9.17, 15) is 0 Å². The van der Waals surface area contributed by atoms with E-state index in [1.54, 1.807) is 0 Å². The summed E-state index contributed by atoms with van der Waals surface area (Å²) in [5, 5.41) is 4.20. The Morgan fingerprint density at radius 2 is 2.22 bits per heavy atom. The number of halogens is 2. The van der Waals surface area contributed by atoms with Crippen LogP contribution in [0.15, 0.2) is 22.7 Å². The maximum Gasteiger partial charge on any atom is 0.0464 e. The van der Waals surface area contributed by atoms with E-state index < -0.39 is 0 Å². The molecule has 1 fully saturated rings. The van der Waals surface area contributed by atoms with Gasteiger partial charge in [0.25, 0.3) is 0 Å². The van der Waals surface area contributed by atoms with Gasteiger partial charge in [0.15, 0.2) is 0 Å². The van der Waals surface area contributed by atoms with Crippen LogP contribution < -0.4 is 5.32 Å². The molecule has 4 heteroatoms. The summed E-state index contributed by atoms with van der Waals surface area (Å²) in [6.07, 6.45) is 1.18. The molecular weight excluding hydrogens is 312 g/mol. The van der Waals surface area contributed by atoms with E-state index in [4.69, 9.17) is 11.6 Å². The molecule has 18 heavy (non-hydrogen) atoms. The molecule has 1 N–H and O–H groups in total. The molecule has 1 heterocycles. The third-order valence-corrected chi connectivity index (χ3v) is 4.44. The zero-order valence-corrected chi connectivity index (χ0v) is 13.3. The van der Waals surface area contributed by atoms with Crippen molar-refractivity contribution in [2.45, 2.75) is 32.4 Å². The molecule has 2 rings (SSSR count). The Morgan fingerprint density at radius 1 is 1.50 bits per heavy atom. The molecule has 0 radical (unpaired) electrons. The molecule has 1 aliphatic heterocycles. The summed E-state index contributed by atoms with van der Waals surface area (Å²) >= 11 is 9.82. The first kappa shape index (κ1) is 14.3. The zero-order valence-electron chi connectivity index (χ0n) is 10.9. The zero-order chi connectivity index (χ0) is 13.1. The Kier molecular flexibility index (Phi) is 5.07. The van der Waals surface area contributed by atoms with Crippen LogP contribution >= 0.6 is 27.5 Å². The second kappa shape index (κ2) is 6.38. The van der Waals surface area contributed by atoms with Gasteiger partial charge in [-0.3, -0.25) is 4.90 Å². The van der Waals surface area contributed by atoms with Gasteiger partial charge in [-0.15, -0.1) is 0 Å². The van der Waals surface area contributed by atoms with Crippen LogP contribution in [-0.4, -0.2) is 30.6 Å². The smallest absolute Gasteiger partial charge is 0.0464 e. The van der Waals surface area contributed by atoms with Gasteiger partial charge in [0.1, 0.15) is 0 Å². The van der Waals surface area contributed by atoms with Crippen molar-refractivity contribution >= 4 is 27.5 Å². The van der Waals surface area contributed by atoms with Crippen molar-refractivity contribution in [3.8, 4) is 0 Å². The average Bonchev–Trinajstić information content (AvgIpc) is 2.25. The van der Waals surface area contributed by atoms with E-state index in [0.29, 0.717) is 12.1 Å². The monoisotopic (exact) mass is 330 g/mol. The Labute approximate surface area is 123 Å². The average molecular weight is 332 g/mol. The third kappa shape index (κ3) is 3.08. The lowest BCUT2D eigenvalue weighted by molar-refractivity contribution is 0.103. The van der Waals surface area contributed by atoms with Crippen LogP contribution in [0.25, 0.3) is 0 Å². The highest BCUT2D eigenvalue weighted by atomic mass is 79.9. The summed E-state index contributed by atoms with van der Waals surface area (Å²) in [5.41, 5.74) is 1.22. The molecule has 1 aliphatic rings. The van der Waals surface area contributed by atoms with Gasteiger partial charge >= 0.3 is 0 Å². The van der Waals surface area contributed by atoms with Gasteiger partial charge in [-0.05, 0) is 37.6 Å². The van der Waals surface area contributed by atoms with Crippen LogP contribution in [-0.2, 0) is 0 Å². The molecule has 0 amide bonds. The largest absolute Gasteiger partial charge is 0.314 e. The highest BCUT2D eigenvalue weighted by molar-refractivity contribution is 9.10. The van der Waals surface area contributed by atoms with Gasteiger partial charge < -0.3 is 5.32 Å². The van der Waals surface area contributed by atoms with Crippen LogP contribution in [0, 0.1) is 0 Å². The summed E-state index contributed by atoms with van der Waals surface area (Å²) in [4.78, 5) is 2.56. The summed E-state index contributed by atoms with van der Waals surface area (Å²) < 4.78 is 1.04. The van der Waals surface area contributed by atoms with Gasteiger partial charge in [-0.25, -0.2) is 0 Å². The van der Waals surface area contributed by atoms with E-state index in [0.717, 1.165) is 29.1 Å². The number of hydrogen-bond acceptors (Lipinski definition) is 2. The first-order valence-electron chi connectivity index (χ1n) is 6.55. The molecule has 0 spiro atoms. The normalized spacial score (nSPS) is 17.8. The van der Waals surface area contributed by atoms with Crippen molar-refractivity contribution in [1.29, 1.82) is 0 Å². The molecule has 0 bridgehead atoms. The molecule has 1 unspecified atom stereocenters. The second-order valence-electron chi connectivity index (χ2n) is 4.89. The lowest BCUT2D eigenvalue weighted by atomic mass is 10.0. The van der Waals surface area contributed by atoms with Crippen LogP contribution in [0.3, 0.4) is 0 Å². The van der Waals surface area contributed by atoms with Gasteiger partial charge in [0.2, 0.25) is 0 Å². The first-order chi connectivity index (χ1) is 8.63. The maximum atomic E-state index is 6.36. The number of nitrogens with zero attached hydrogens (tertiary/aromatic N) is 1. The lowest BCUT2D eigenvalue weighted by Crippen LogP contribution is -2.57. The van der Waals surface area contributed by atoms with Gasteiger partial charge in [-0.1, -0.05) is 40.5 Å². The SMILES string of the molecule is CCCN(C1CNC1)C(C)c1ccc(Br)cc1Cl. The molecule has 1 aromatic rings. The predicted molar refractivity (Wildman–Crippen MR) is 81.2 cm³/mol. The highest BCUT2D eigenvalue weighted by Crippen LogP contribution is 2.31. The quantitative estimate of drug-likeness (QED) is 0.881. The minimum Gasteiger partial charge on any atom is -0.314 e. The Balaban J connectivity index is 2.18. The molecule has 1 atom stereocenters. The first-order valence-corrected chi connectivity index (χ1v) is 7.72. The molecule has 0 aliphatic carbocycles. The Bertz CT molecular complexity index is 407. The topological polar surface area (TPSA) is 15.3 Å². The minimum atomic E-state index is 0.373. The fourth-order valence-corrected chi connectivity index (χ4v) is 3.31. The van der Waals surface area contributed by atoms with E-state index >= 15 is 0 Å². The summed E-state index contributed by atoms with van der Waals surface area (Å²) in [6, 6.07) is 7.21. The summed E-state index contributed by atoms with van der Waals surface area (Å²) in [7, 11) is 0. The fourth-order valence-electron chi connectivity index (χ4n) is 2.48. The van der Waals surface area contributed by atoms with Crippen LogP contribution in [0.2, 0.25) is 5.02 Å². The van der Waals surface area contributed by atoms with Crippen molar-refractivity contribution in [2.24, 2.45) is 0 Å². The highest BCUT2D eigenvalue weighted by Gasteiger charge is 2.29. The Hall–Kier alpha value is -0.0900. The van der Waals surface area contributed by atoms with Gasteiger partial charge in [0, 0.05) is 34.7 Å². The number of rotatable bonds is 5. The molecule has 1 saturated heterocycles. The second-order valence-corrected chi connectivity index (χ2v) is 6.21. The number of hydrogen-bond donors (Lipinski definition) is 1. The number of nitrogens with one attached hydrogen (secondary N) is 1. The molecule has 100 valence electrons. The van der Waals surface area contributed by atoms with E-state index in [-0.39, 0.29) is 0 Å². The van der Waals surface area contributed by atoms with Crippen LogP contribution in [0.4, 0.5) is 0 Å². The molecule has 0 saturated carbocycles. The minimum absolute atomic E-state index is 0.373. The lowest BCUT2D eigenvalue weighted by Gasteiger charge is -2.42. The van der Waals surface area contributed by atoms with Gasteiger partial charge in [-0.2, -0.15) is 0 Å². The molecule has 2 nitrogen and oxygen atoms in total.